The molecule has 1 aliphatic rings. The number of rotatable bonds is 4. The average Bonchev–Trinajstić information content (AvgIpc) is 2.40. The van der Waals surface area contributed by atoms with Crippen LogP contribution in [0.15, 0.2) is 30.3 Å². The van der Waals surface area contributed by atoms with E-state index in [1.807, 2.05) is 6.07 Å². The molecule has 4 nitrogen and oxygen atoms in total. The summed E-state index contributed by atoms with van der Waals surface area (Å²) < 4.78 is 5.01. The van der Waals surface area contributed by atoms with Crippen LogP contribution in [0.3, 0.4) is 0 Å². The summed E-state index contributed by atoms with van der Waals surface area (Å²) >= 11 is 0. The van der Waals surface area contributed by atoms with E-state index in [4.69, 9.17) is 4.74 Å². The van der Waals surface area contributed by atoms with E-state index in [-0.39, 0.29) is 0 Å². The molecule has 0 amide bonds. The van der Waals surface area contributed by atoms with Crippen molar-refractivity contribution in [2.45, 2.75) is 25.6 Å². The predicted molar refractivity (Wildman–Crippen MR) is 68.2 cm³/mol. The Hall–Kier alpha value is -1.39. The number of likely N-dealkylation sites (tertiary alicyclic amines) is 1. The Morgan fingerprint density at radius 3 is 2.56 bits per heavy atom. The Labute approximate surface area is 107 Å². The molecule has 1 aromatic carbocycles. The van der Waals surface area contributed by atoms with Crippen LogP contribution in [0.5, 0.6) is 0 Å². The van der Waals surface area contributed by atoms with Crippen molar-refractivity contribution in [3.8, 4) is 0 Å². The lowest BCUT2D eigenvalue weighted by atomic mass is 10.1. The molecule has 1 N–H and O–H groups in total. The van der Waals surface area contributed by atoms with Gasteiger partial charge in [-0.1, -0.05) is 24.6 Å². The summed E-state index contributed by atoms with van der Waals surface area (Å²) in [5.41, 5.74) is 0.468. The molecule has 4 heteroatoms. The quantitative estimate of drug-likeness (QED) is 0.651. The first-order valence-corrected chi connectivity index (χ1v) is 6.42. The standard InChI is InChI=1S/C14H19NO3/c16-13(11-15-9-5-2-6-10-15)18-14(17)12-7-3-1-4-8-12/h1,3-4,7-8,13,16H,2,5-6,9-11H2. The lowest BCUT2D eigenvalue weighted by Gasteiger charge is -2.28. The third-order valence-corrected chi connectivity index (χ3v) is 3.12. The zero-order valence-electron chi connectivity index (χ0n) is 10.4. The van der Waals surface area contributed by atoms with Gasteiger partial charge in [-0.3, -0.25) is 4.90 Å². The van der Waals surface area contributed by atoms with E-state index >= 15 is 0 Å². The molecular weight excluding hydrogens is 230 g/mol. The summed E-state index contributed by atoms with van der Waals surface area (Å²) in [6.45, 7) is 2.35. The molecule has 2 rings (SSSR count). The molecule has 1 heterocycles. The van der Waals surface area contributed by atoms with E-state index < -0.39 is 12.3 Å². The molecule has 1 aromatic rings. The van der Waals surface area contributed by atoms with Crippen molar-refractivity contribution in [3.63, 3.8) is 0 Å². The van der Waals surface area contributed by atoms with Gasteiger partial charge in [0.25, 0.3) is 0 Å². The van der Waals surface area contributed by atoms with Crippen molar-refractivity contribution >= 4 is 5.97 Å². The highest BCUT2D eigenvalue weighted by atomic mass is 16.6. The Morgan fingerprint density at radius 2 is 1.89 bits per heavy atom. The maximum absolute atomic E-state index is 11.7. The van der Waals surface area contributed by atoms with Crippen LogP contribution in [-0.2, 0) is 4.74 Å². The van der Waals surface area contributed by atoms with E-state index in [0.29, 0.717) is 12.1 Å². The second-order valence-corrected chi connectivity index (χ2v) is 4.59. The number of piperidine rings is 1. The number of hydrogen-bond donors (Lipinski definition) is 1. The zero-order valence-corrected chi connectivity index (χ0v) is 10.4. The van der Waals surface area contributed by atoms with Crippen LogP contribution in [0.25, 0.3) is 0 Å². The number of benzene rings is 1. The van der Waals surface area contributed by atoms with Gasteiger partial charge in [0.2, 0.25) is 6.29 Å². The van der Waals surface area contributed by atoms with Crippen LogP contribution >= 0.6 is 0 Å². The Balaban J connectivity index is 1.80. The van der Waals surface area contributed by atoms with E-state index in [9.17, 15) is 9.90 Å². The Kier molecular flexibility index (Phi) is 4.73. The summed E-state index contributed by atoms with van der Waals surface area (Å²) in [6.07, 6.45) is 2.51. The Morgan fingerprint density at radius 1 is 1.22 bits per heavy atom. The Bertz CT molecular complexity index is 374. The first-order valence-electron chi connectivity index (χ1n) is 6.42. The number of carbonyl (C=O) groups is 1. The summed E-state index contributed by atoms with van der Waals surface area (Å²) in [4.78, 5) is 13.8. The molecule has 0 radical (unpaired) electrons. The van der Waals surface area contributed by atoms with Crippen molar-refractivity contribution < 1.29 is 14.6 Å². The van der Waals surface area contributed by atoms with Gasteiger partial charge in [-0.05, 0) is 38.1 Å². The monoisotopic (exact) mass is 249 g/mol. The molecule has 0 saturated carbocycles. The van der Waals surface area contributed by atoms with Gasteiger partial charge in [0.1, 0.15) is 0 Å². The summed E-state index contributed by atoms with van der Waals surface area (Å²) in [6, 6.07) is 8.73. The molecule has 0 aliphatic carbocycles. The largest absolute Gasteiger partial charge is 0.431 e. The fraction of sp³-hybridized carbons (Fsp3) is 0.500. The maximum atomic E-state index is 11.7. The van der Waals surface area contributed by atoms with Gasteiger partial charge in [-0.15, -0.1) is 0 Å². The van der Waals surface area contributed by atoms with Crippen LogP contribution in [0.1, 0.15) is 29.6 Å². The normalized spacial score (nSPS) is 18.3. The average molecular weight is 249 g/mol. The van der Waals surface area contributed by atoms with Crippen molar-refractivity contribution in [1.29, 1.82) is 0 Å². The maximum Gasteiger partial charge on any atom is 0.340 e. The lowest BCUT2D eigenvalue weighted by Crippen LogP contribution is -2.38. The second-order valence-electron chi connectivity index (χ2n) is 4.59. The molecule has 98 valence electrons. The molecule has 0 bridgehead atoms. The van der Waals surface area contributed by atoms with Crippen LogP contribution in [-0.4, -0.2) is 41.9 Å². The predicted octanol–water partition coefficient (Wildman–Crippen LogP) is 1.65. The third kappa shape index (κ3) is 3.82. The van der Waals surface area contributed by atoms with E-state index in [2.05, 4.69) is 4.90 Å². The lowest BCUT2D eigenvalue weighted by molar-refractivity contribution is -0.0812. The van der Waals surface area contributed by atoms with Gasteiger partial charge in [-0.25, -0.2) is 4.79 Å². The minimum atomic E-state index is -1.05. The van der Waals surface area contributed by atoms with Crippen molar-refractivity contribution in [3.05, 3.63) is 35.9 Å². The topological polar surface area (TPSA) is 49.8 Å². The molecule has 1 aliphatic heterocycles. The number of carbonyl (C=O) groups excluding carboxylic acids is 1. The number of aliphatic hydroxyl groups excluding tert-OH is 1. The molecule has 0 aromatic heterocycles. The summed E-state index contributed by atoms with van der Waals surface area (Å²) in [7, 11) is 0. The summed E-state index contributed by atoms with van der Waals surface area (Å²) in [5.74, 6) is -0.472. The van der Waals surface area contributed by atoms with Crippen LogP contribution in [0.2, 0.25) is 0 Å². The molecule has 1 fully saturated rings. The molecule has 18 heavy (non-hydrogen) atoms. The minimum absolute atomic E-state index is 0.401. The van der Waals surface area contributed by atoms with Gasteiger partial charge in [0.15, 0.2) is 0 Å². The second kappa shape index (κ2) is 6.52. The number of nitrogens with zero attached hydrogens (tertiary/aromatic N) is 1. The van der Waals surface area contributed by atoms with Gasteiger partial charge in [0.05, 0.1) is 12.1 Å². The summed E-state index contributed by atoms with van der Waals surface area (Å²) in [5, 5.41) is 9.75. The molecule has 1 unspecified atom stereocenters. The van der Waals surface area contributed by atoms with Crippen LogP contribution in [0, 0.1) is 0 Å². The van der Waals surface area contributed by atoms with Crippen molar-refractivity contribution in [2.75, 3.05) is 19.6 Å². The first kappa shape index (κ1) is 13.1. The number of esters is 1. The van der Waals surface area contributed by atoms with Crippen LogP contribution < -0.4 is 0 Å². The van der Waals surface area contributed by atoms with Gasteiger partial charge >= 0.3 is 5.97 Å². The number of β-amino-alcohol motifs (C(OH)–C–C–N with tert-alkyl or cyclic N) is 1. The number of aliphatic hydroxyl groups is 1. The minimum Gasteiger partial charge on any atom is -0.431 e. The SMILES string of the molecule is O=C(OC(O)CN1CCCCC1)c1ccccc1. The fourth-order valence-corrected chi connectivity index (χ4v) is 2.17. The molecule has 1 saturated heterocycles. The van der Waals surface area contributed by atoms with Gasteiger partial charge in [0, 0.05) is 0 Å². The smallest absolute Gasteiger partial charge is 0.340 e. The highest BCUT2D eigenvalue weighted by Gasteiger charge is 2.18. The molecule has 0 spiro atoms. The highest BCUT2D eigenvalue weighted by molar-refractivity contribution is 5.89. The van der Waals surface area contributed by atoms with E-state index in [0.717, 1.165) is 25.9 Å². The third-order valence-electron chi connectivity index (χ3n) is 3.12. The molecule has 1 atom stereocenters. The van der Waals surface area contributed by atoms with Gasteiger partial charge < -0.3 is 9.84 Å². The van der Waals surface area contributed by atoms with E-state index in [1.165, 1.54) is 6.42 Å². The van der Waals surface area contributed by atoms with Crippen molar-refractivity contribution in [1.82, 2.24) is 4.90 Å². The first-order chi connectivity index (χ1) is 8.75. The number of hydrogen-bond acceptors (Lipinski definition) is 4. The zero-order chi connectivity index (χ0) is 12.8. The highest BCUT2D eigenvalue weighted by Crippen LogP contribution is 2.10. The van der Waals surface area contributed by atoms with Crippen molar-refractivity contribution in [2.24, 2.45) is 0 Å². The molecular formula is C14H19NO3. The van der Waals surface area contributed by atoms with E-state index in [1.54, 1.807) is 24.3 Å². The van der Waals surface area contributed by atoms with Crippen LogP contribution in [0.4, 0.5) is 0 Å². The van der Waals surface area contributed by atoms with Gasteiger partial charge in [-0.2, -0.15) is 0 Å². The fourth-order valence-electron chi connectivity index (χ4n) is 2.17. The number of ether oxygens (including phenoxy) is 1.